The van der Waals surface area contributed by atoms with Crippen molar-refractivity contribution in [3.63, 3.8) is 0 Å². The van der Waals surface area contributed by atoms with Crippen LogP contribution in [0.1, 0.15) is 17.3 Å². The highest BCUT2D eigenvalue weighted by molar-refractivity contribution is 9.11. The molecular formula is C13H10Br2ClFN2. The Labute approximate surface area is 132 Å². The lowest BCUT2D eigenvalue weighted by Crippen LogP contribution is -2.16. The molecule has 6 heteroatoms. The first-order valence-corrected chi connectivity index (χ1v) is 7.45. The number of hydrogen-bond acceptors (Lipinski definition) is 2. The summed E-state index contributed by atoms with van der Waals surface area (Å²) in [6.45, 7) is 0. The van der Waals surface area contributed by atoms with Gasteiger partial charge in [0.15, 0.2) is 0 Å². The van der Waals surface area contributed by atoms with Crippen molar-refractivity contribution in [2.24, 2.45) is 5.73 Å². The minimum Gasteiger partial charge on any atom is -0.322 e. The summed E-state index contributed by atoms with van der Waals surface area (Å²) in [5.41, 5.74) is 7.49. The van der Waals surface area contributed by atoms with Gasteiger partial charge in [-0.25, -0.2) is 4.39 Å². The van der Waals surface area contributed by atoms with E-state index in [4.69, 9.17) is 17.3 Å². The Hall–Kier alpha value is -0.490. The molecule has 0 saturated carbocycles. The highest BCUT2D eigenvalue weighted by Gasteiger charge is 2.15. The highest BCUT2D eigenvalue weighted by atomic mass is 79.9. The third-order valence-corrected chi connectivity index (χ3v) is 4.15. The van der Waals surface area contributed by atoms with Crippen LogP contribution >= 0.6 is 43.5 Å². The Morgan fingerprint density at radius 2 is 2.11 bits per heavy atom. The monoisotopic (exact) mass is 406 g/mol. The van der Waals surface area contributed by atoms with Gasteiger partial charge >= 0.3 is 0 Å². The molecule has 2 nitrogen and oxygen atoms in total. The maximum Gasteiger partial charge on any atom is 0.142 e. The van der Waals surface area contributed by atoms with Crippen molar-refractivity contribution in [3.8, 4) is 0 Å². The predicted molar refractivity (Wildman–Crippen MR) is 81.7 cm³/mol. The maximum absolute atomic E-state index is 13.4. The summed E-state index contributed by atoms with van der Waals surface area (Å²) >= 11 is 12.7. The van der Waals surface area contributed by atoms with Crippen molar-refractivity contribution in [3.05, 3.63) is 61.5 Å². The number of hydrogen-bond donors (Lipinski definition) is 1. The van der Waals surface area contributed by atoms with E-state index < -0.39 is 5.82 Å². The van der Waals surface area contributed by atoms with Crippen LogP contribution in [0.4, 0.5) is 4.39 Å². The van der Waals surface area contributed by atoms with Crippen LogP contribution in [-0.4, -0.2) is 4.98 Å². The Kier molecular flexibility index (Phi) is 4.95. The second-order valence-corrected chi connectivity index (χ2v) is 6.19. The average Bonchev–Trinajstić information content (AvgIpc) is 2.34. The normalized spacial score (nSPS) is 12.5. The third-order valence-electron chi connectivity index (χ3n) is 2.66. The first-order valence-electron chi connectivity index (χ1n) is 5.48. The molecule has 2 N–H and O–H groups in total. The molecule has 0 spiro atoms. The second-order valence-electron chi connectivity index (χ2n) is 4.04. The fourth-order valence-electron chi connectivity index (χ4n) is 1.74. The predicted octanol–water partition coefficient (Wildman–Crippen LogP) is 4.64. The Morgan fingerprint density at radius 3 is 2.79 bits per heavy atom. The van der Waals surface area contributed by atoms with E-state index in [1.807, 2.05) is 6.07 Å². The Morgan fingerprint density at radius 1 is 1.37 bits per heavy atom. The summed E-state index contributed by atoms with van der Waals surface area (Å²) in [6.07, 6.45) is 2.09. The second kappa shape index (κ2) is 6.31. The number of nitrogens with two attached hydrogens (primary N) is 1. The number of aromatic nitrogens is 1. The van der Waals surface area contributed by atoms with Gasteiger partial charge in [0.25, 0.3) is 0 Å². The first kappa shape index (κ1) is 14.9. The van der Waals surface area contributed by atoms with E-state index in [-0.39, 0.29) is 11.1 Å². The van der Waals surface area contributed by atoms with Crippen LogP contribution in [0.2, 0.25) is 5.02 Å². The average molecular weight is 408 g/mol. The van der Waals surface area contributed by atoms with Crippen LogP contribution < -0.4 is 5.73 Å². The van der Waals surface area contributed by atoms with Gasteiger partial charge in [-0.15, -0.1) is 0 Å². The molecule has 1 aromatic heterocycles. The summed E-state index contributed by atoms with van der Waals surface area (Å²) in [4.78, 5) is 4.27. The van der Waals surface area contributed by atoms with Gasteiger partial charge in [0, 0.05) is 15.1 Å². The van der Waals surface area contributed by atoms with Gasteiger partial charge in [0.1, 0.15) is 5.82 Å². The third kappa shape index (κ3) is 3.54. The van der Waals surface area contributed by atoms with Crippen molar-refractivity contribution in [1.29, 1.82) is 0 Å². The first-order chi connectivity index (χ1) is 8.99. The lowest BCUT2D eigenvalue weighted by atomic mass is 10.0. The molecule has 0 radical (unpaired) electrons. The number of pyridine rings is 1. The van der Waals surface area contributed by atoms with Crippen LogP contribution in [-0.2, 0) is 6.42 Å². The molecule has 1 atom stereocenters. The molecule has 0 amide bonds. The van der Waals surface area contributed by atoms with Crippen molar-refractivity contribution < 1.29 is 4.39 Å². The summed E-state index contributed by atoms with van der Waals surface area (Å²) in [5.74, 6) is -0.436. The van der Waals surface area contributed by atoms with Gasteiger partial charge in [-0.1, -0.05) is 23.7 Å². The van der Waals surface area contributed by atoms with Crippen molar-refractivity contribution in [2.75, 3.05) is 0 Å². The quantitative estimate of drug-likeness (QED) is 0.804. The molecule has 1 heterocycles. The zero-order valence-electron chi connectivity index (χ0n) is 9.71. The minimum atomic E-state index is -0.436. The summed E-state index contributed by atoms with van der Waals surface area (Å²) in [7, 11) is 0. The zero-order chi connectivity index (χ0) is 14.0. The van der Waals surface area contributed by atoms with Crippen molar-refractivity contribution in [2.45, 2.75) is 12.5 Å². The van der Waals surface area contributed by atoms with E-state index in [1.165, 1.54) is 6.07 Å². The van der Waals surface area contributed by atoms with Gasteiger partial charge in [0.05, 0.1) is 16.8 Å². The zero-order valence-corrected chi connectivity index (χ0v) is 13.6. The molecule has 0 aliphatic heterocycles. The number of benzene rings is 1. The molecule has 0 bridgehead atoms. The molecular weight excluding hydrogens is 398 g/mol. The van der Waals surface area contributed by atoms with Crippen LogP contribution in [0.5, 0.6) is 0 Å². The maximum atomic E-state index is 13.4. The summed E-state index contributed by atoms with van der Waals surface area (Å²) in [5, 5.41) is 0.117. The fourth-order valence-corrected chi connectivity index (χ4v) is 3.22. The molecule has 0 fully saturated rings. The molecule has 0 aliphatic rings. The van der Waals surface area contributed by atoms with E-state index in [9.17, 15) is 4.39 Å². The van der Waals surface area contributed by atoms with Crippen LogP contribution in [0.25, 0.3) is 0 Å². The Balaban J connectivity index is 2.25. The van der Waals surface area contributed by atoms with Gasteiger partial charge in [-0.3, -0.25) is 4.98 Å². The van der Waals surface area contributed by atoms with E-state index >= 15 is 0 Å². The van der Waals surface area contributed by atoms with Crippen molar-refractivity contribution in [1.82, 2.24) is 4.98 Å². The van der Waals surface area contributed by atoms with E-state index in [0.29, 0.717) is 17.7 Å². The molecule has 100 valence electrons. The lowest BCUT2D eigenvalue weighted by molar-refractivity contribution is 0.621. The minimum absolute atomic E-state index is 0.117. The SMILES string of the molecule is NC(Cc1cccc(F)c1Cl)c1ncc(Br)cc1Br. The van der Waals surface area contributed by atoms with Crippen LogP contribution in [0.15, 0.2) is 39.4 Å². The smallest absolute Gasteiger partial charge is 0.142 e. The summed E-state index contributed by atoms with van der Waals surface area (Å²) in [6, 6.07) is 6.22. The van der Waals surface area contributed by atoms with Gasteiger partial charge in [-0.2, -0.15) is 0 Å². The number of rotatable bonds is 3. The molecule has 1 unspecified atom stereocenters. The van der Waals surface area contributed by atoms with E-state index in [0.717, 1.165) is 8.95 Å². The lowest BCUT2D eigenvalue weighted by Gasteiger charge is -2.14. The Bertz CT molecular complexity index is 607. The molecule has 0 aliphatic carbocycles. The van der Waals surface area contributed by atoms with Crippen LogP contribution in [0, 0.1) is 5.82 Å². The molecule has 2 rings (SSSR count). The van der Waals surface area contributed by atoms with Gasteiger partial charge in [0.2, 0.25) is 0 Å². The topological polar surface area (TPSA) is 38.9 Å². The van der Waals surface area contributed by atoms with E-state index in [2.05, 4.69) is 36.8 Å². The standard InChI is InChI=1S/C13H10Br2ClFN2/c14-8-5-9(15)13(19-6-8)11(18)4-7-2-1-3-10(17)12(7)16/h1-3,5-6,11H,4,18H2. The highest BCUT2D eigenvalue weighted by Crippen LogP contribution is 2.28. The van der Waals surface area contributed by atoms with Crippen molar-refractivity contribution >= 4 is 43.5 Å². The van der Waals surface area contributed by atoms with E-state index in [1.54, 1.807) is 18.3 Å². The number of nitrogens with zero attached hydrogens (tertiary/aromatic N) is 1. The van der Waals surface area contributed by atoms with Gasteiger partial charge in [-0.05, 0) is 56.0 Å². The largest absolute Gasteiger partial charge is 0.322 e. The van der Waals surface area contributed by atoms with Crippen LogP contribution in [0.3, 0.4) is 0 Å². The molecule has 0 saturated heterocycles. The molecule has 19 heavy (non-hydrogen) atoms. The molecule has 2 aromatic rings. The van der Waals surface area contributed by atoms with Gasteiger partial charge < -0.3 is 5.73 Å². The summed E-state index contributed by atoms with van der Waals surface area (Å²) < 4.78 is 15.0. The number of halogens is 4. The molecule has 1 aromatic carbocycles. The fraction of sp³-hybridized carbons (Fsp3) is 0.154.